The van der Waals surface area contributed by atoms with E-state index >= 15 is 0 Å². The van der Waals surface area contributed by atoms with Crippen LogP contribution in [0.2, 0.25) is 0 Å². The van der Waals surface area contributed by atoms with Crippen LogP contribution in [0.1, 0.15) is 69.2 Å². The highest BCUT2D eigenvalue weighted by molar-refractivity contribution is 8.00. The van der Waals surface area contributed by atoms with Gasteiger partial charge in [-0.2, -0.15) is 0 Å². The van der Waals surface area contributed by atoms with Gasteiger partial charge in [-0.15, -0.1) is 11.8 Å². The summed E-state index contributed by atoms with van der Waals surface area (Å²) in [5, 5.41) is 2.87. The van der Waals surface area contributed by atoms with Crippen molar-refractivity contribution in [2.24, 2.45) is 0 Å². The summed E-state index contributed by atoms with van der Waals surface area (Å²) in [6.45, 7) is 4.09. The molecular weight excluding hydrogens is 344 g/mol. The van der Waals surface area contributed by atoms with Crippen LogP contribution in [0.25, 0.3) is 0 Å². The van der Waals surface area contributed by atoms with E-state index in [0.717, 1.165) is 37.1 Å². The third-order valence-corrected chi connectivity index (χ3v) is 6.32. The summed E-state index contributed by atoms with van der Waals surface area (Å²) in [4.78, 5) is 26.8. The lowest BCUT2D eigenvalue weighted by Gasteiger charge is -2.31. The average molecular weight is 377 g/mol. The van der Waals surface area contributed by atoms with E-state index in [-0.39, 0.29) is 17.1 Å². The molecule has 0 bridgehead atoms. The third kappa shape index (κ3) is 6.04. The highest BCUT2D eigenvalue weighted by Gasteiger charge is 2.23. The second-order valence-corrected chi connectivity index (χ2v) is 8.59. The number of rotatable bonds is 8. The predicted molar refractivity (Wildman–Crippen MR) is 111 cm³/mol. The van der Waals surface area contributed by atoms with Gasteiger partial charge in [0.1, 0.15) is 0 Å². The summed E-state index contributed by atoms with van der Waals surface area (Å²) >= 11 is 1.68. The minimum atomic E-state index is -0.0692. The van der Waals surface area contributed by atoms with Crippen molar-refractivity contribution >= 4 is 29.3 Å². The Bertz CT molecular complexity index is 582. The molecule has 1 aliphatic carbocycles. The number of benzene rings is 1. The Morgan fingerprint density at radius 1 is 1.19 bits per heavy atom. The minimum Gasteiger partial charge on any atom is -0.339 e. The topological polar surface area (TPSA) is 49.4 Å². The SMILES string of the molecule is CCCCSC(C)C(=O)Nc1ccc(C(=O)N(C)C2CCCCC2)cc1. The normalized spacial score (nSPS) is 16.1. The Labute approximate surface area is 162 Å². The fourth-order valence-corrected chi connectivity index (χ4v) is 4.28. The Kier molecular flexibility index (Phi) is 8.49. The fourth-order valence-electron chi connectivity index (χ4n) is 3.26. The van der Waals surface area contributed by atoms with E-state index in [1.807, 2.05) is 43.1 Å². The summed E-state index contributed by atoms with van der Waals surface area (Å²) in [5.74, 6) is 1.09. The molecule has 2 amide bonds. The minimum absolute atomic E-state index is 0.0181. The lowest BCUT2D eigenvalue weighted by Crippen LogP contribution is -2.38. The number of anilines is 1. The monoisotopic (exact) mass is 376 g/mol. The number of nitrogens with zero attached hydrogens (tertiary/aromatic N) is 1. The molecular formula is C21H32N2O2S. The third-order valence-electron chi connectivity index (χ3n) is 5.08. The van der Waals surface area contributed by atoms with Gasteiger partial charge in [-0.25, -0.2) is 0 Å². The van der Waals surface area contributed by atoms with Gasteiger partial charge in [0, 0.05) is 24.3 Å². The maximum absolute atomic E-state index is 12.7. The summed E-state index contributed by atoms with van der Waals surface area (Å²) in [5.41, 5.74) is 1.43. The van der Waals surface area contributed by atoms with Crippen molar-refractivity contribution in [3.8, 4) is 0 Å². The molecule has 1 saturated carbocycles. The second kappa shape index (κ2) is 10.6. The highest BCUT2D eigenvalue weighted by Crippen LogP contribution is 2.23. The number of hydrogen-bond acceptors (Lipinski definition) is 3. The van der Waals surface area contributed by atoms with Crippen molar-refractivity contribution in [1.82, 2.24) is 4.90 Å². The van der Waals surface area contributed by atoms with Crippen LogP contribution in [0, 0.1) is 0 Å². The van der Waals surface area contributed by atoms with Crippen molar-refractivity contribution in [2.75, 3.05) is 18.1 Å². The maximum Gasteiger partial charge on any atom is 0.253 e. The van der Waals surface area contributed by atoms with E-state index in [1.165, 1.54) is 19.3 Å². The molecule has 0 aromatic heterocycles. The molecule has 1 aromatic carbocycles. The van der Waals surface area contributed by atoms with E-state index in [0.29, 0.717) is 11.6 Å². The second-order valence-electron chi connectivity index (χ2n) is 7.14. The molecule has 0 spiro atoms. The Hall–Kier alpha value is -1.49. The first-order chi connectivity index (χ1) is 12.5. The number of carbonyl (C=O) groups excluding carboxylic acids is 2. The zero-order valence-corrected chi connectivity index (χ0v) is 17.1. The first kappa shape index (κ1) is 20.8. The van der Waals surface area contributed by atoms with Crippen LogP contribution in [-0.4, -0.2) is 40.8 Å². The number of nitrogens with one attached hydrogen (secondary N) is 1. The largest absolute Gasteiger partial charge is 0.339 e. The molecule has 0 radical (unpaired) electrons. The number of unbranched alkanes of at least 4 members (excludes halogenated alkanes) is 1. The molecule has 5 heteroatoms. The van der Waals surface area contributed by atoms with Crippen LogP contribution in [0.5, 0.6) is 0 Å². The van der Waals surface area contributed by atoms with Crippen LogP contribution in [0.3, 0.4) is 0 Å². The molecule has 144 valence electrons. The summed E-state index contributed by atoms with van der Waals surface area (Å²) in [6.07, 6.45) is 8.18. The lowest BCUT2D eigenvalue weighted by atomic mass is 9.94. The Balaban J connectivity index is 1.88. The zero-order valence-electron chi connectivity index (χ0n) is 16.3. The van der Waals surface area contributed by atoms with E-state index in [4.69, 9.17) is 0 Å². The van der Waals surface area contributed by atoms with Crippen LogP contribution in [0.4, 0.5) is 5.69 Å². The van der Waals surface area contributed by atoms with Crippen molar-refractivity contribution in [3.05, 3.63) is 29.8 Å². The quantitative estimate of drug-likeness (QED) is 0.653. The van der Waals surface area contributed by atoms with Crippen molar-refractivity contribution in [1.29, 1.82) is 0 Å². The molecule has 2 rings (SSSR count). The molecule has 0 heterocycles. The van der Waals surface area contributed by atoms with Crippen molar-refractivity contribution in [3.63, 3.8) is 0 Å². The molecule has 1 unspecified atom stereocenters. The molecule has 1 atom stereocenters. The summed E-state index contributed by atoms with van der Waals surface area (Å²) in [7, 11) is 1.91. The standard InChI is InChI=1S/C21H32N2O2S/c1-4-5-15-26-16(2)20(24)22-18-13-11-17(12-14-18)21(25)23(3)19-9-7-6-8-10-19/h11-14,16,19H,4-10,15H2,1-3H3,(H,22,24). The van der Waals surface area contributed by atoms with E-state index in [1.54, 1.807) is 11.8 Å². The molecule has 1 fully saturated rings. The molecule has 1 aliphatic rings. The highest BCUT2D eigenvalue weighted by atomic mass is 32.2. The molecule has 4 nitrogen and oxygen atoms in total. The number of carbonyl (C=O) groups is 2. The summed E-state index contributed by atoms with van der Waals surface area (Å²) in [6, 6.07) is 7.63. The molecule has 26 heavy (non-hydrogen) atoms. The first-order valence-electron chi connectivity index (χ1n) is 9.82. The molecule has 0 aliphatic heterocycles. The van der Waals surface area contributed by atoms with Gasteiger partial charge in [-0.1, -0.05) is 32.6 Å². The van der Waals surface area contributed by atoms with Gasteiger partial charge in [-0.05, 0) is 56.2 Å². The first-order valence-corrected chi connectivity index (χ1v) is 10.9. The van der Waals surface area contributed by atoms with Crippen LogP contribution in [-0.2, 0) is 4.79 Å². The Morgan fingerprint density at radius 2 is 1.85 bits per heavy atom. The van der Waals surface area contributed by atoms with Gasteiger partial charge in [0.15, 0.2) is 0 Å². The van der Waals surface area contributed by atoms with Crippen molar-refractivity contribution < 1.29 is 9.59 Å². The molecule has 1 aromatic rings. The van der Waals surface area contributed by atoms with Gasteiger partial charge >= 0.3 is 0 Å². The van der Waals surface area contributed by atoms with Gasteiger partial charge in [0.05, 0.1) is 5.25 Å². The van der Waals surface area contributed by atoms with Gasteiger partial charge in [-0.3, -0.25) is 9.59 Å². The lowest BCUT2D eigenvalue weighted by molar-refractivity contribution is -0.115. The fraction of sp³-hybridized carbons (Fsp3) is 0.619. The van der Waals surface area contributed by atoms with Crippen LogP contribution >= 0.6 is 11.8 Å². The van der Waals surface area contributed by atoms with Crippen LogP contribution < -0.4 is 5.32 Å². The average Bonchev–Trinajstić information content (AvgIpc) is 2.68. The van der Waals surface area contributed by atoms with Crippen LogP contribution in [0.15, 0.2) is 24.3 Å². The number of amides is 2. The van der Waals surface area contributed by atoms with Crippen molar-refractivity contribution in [2.45, 2.75) is 70.1 Å². The number of thioether (sulfide) groups is 1. The molecule has 0 saturated heterocycles. The number of hydrogen-bond donors (Lipinski definition) is 1. The van der Waals surface area contributed by atoms with Gasteiger partial charge in [0.25, 0.3) is 5.91 Å². The van der Waals surface area contributed by atoms with E-state index < -0.39 is 0 Å². The van der Waals surface area contributed by atoms with Gasteiger partial charge < -0.3 is 10.2 Å². The van der Waals surface area contributed by atoms with E-state index in [2.05, 4.69) is 12.2 Å². The predicted octanol–water partition coefficient (Wildman–Crippen LogP) is 4.95. The summed E-state index contributed by atoms with van der Waals surface area (Å²) < 4.78 is 0. The Morgan fingerprint density at radius 3 is 2.46 bits per heavy atom. The maximum atomic E-state index is 12.7. The zero-order chi connectivity index (χ0) is 18.9. The molecule has 1 N–H and O–H groups in total. The van der Waals surface area contributed by atoms with Gasteiger partial charge in [0.2, 0.25) is 5.91 Å². The smallest absolute Gasteiger partial charge is 0.253 e. The van der Waals surface area contributed by atoms with E-state index in [9.17, 15) is 9.59 Å².